The third kappa shape index (κ3) is 5.47. The minimum Gasteiger partial charge on any atom is -0.444 e. The molecule has 2 aliphatic rings. The first-order valence-electron chi connectivity index (χ1n) is 10.1. The lowest BCUT2D eigenvalue weighted by molar-refractivity contribution is -0.138. The molecule has 1 aromatic rings. The lowest BCUT2D eigenvalue weighted by Crippen LogP contribution is -2.46. The number of rotatable bonds is 4. The van der Waals surface area contributed by atoms with Crippen LogP contribution in [0.4, 0.5) is 4.79 Å². The number of carbonyl (C=O) groups excluding carboxylic acids is 2. The van der Waals surface area contributed by atoms with Gasteiger partial charge in [-0.3, -0.25) is 4.79 Å². The van der Waals surface area contributed by atoms with Crippen LogP contribution in [0.25, 0.3) is 0 Å². The second kappa shape index (κ2) is 7.91. The van der Waals surface area contributed by atoms with Gasteiger partial charge in [0.15, 0.2) is 0 Å². The average Bonchev–Trinajstić information content (AvgIpc) is 3.44. The van der Waals surface area contributed by atoms with Crippen LogP contribution in [-0.4, -0.2) is 46.5 Å². The minimum absolute atomic E-state index is 0.00901. The Morgan fingerprint density at radius 3 is 2.19 bits per heavy atom. The first-order valence-corrected chi connectivity index (χ1v) is 10.1. The summed E-state index contributed by atoms with van der Waals surface area (Å²) in [6, 6.07) is 8.82. The molecule has 0 aromatic heterocycles. The van der Waals surface area contributed by atoms with Crippen molar-refractivity contribution in [2.24, 2.45) is 5.92 Å². The normalized spacial score (nSPS) is 18.3. The van der Waals surface area contributed by atoms with Gasteiger partial charge in [0, 0.05) is 31.6 Å². The van der Waals surface area contributed by atoms with Crippen LogP contribution in [-0.2, 0) is 16.1 Å². The van der Waals surface area contributed by atoms with Crippen molar-refractivity contribution in [2.75, 3.05) is 13.1 Å². The molecule has 1 heterocycles. The van der Waals surface area contributed by atoms with Gasteiger partial charge in [-0.2, -0.15) is 0 Å². The van der Waals surface area contributed by atoms with Crippen LogP contribution in [0.5, 0.6) is 0 Å². The van der Waals surface area contributed by atoms with Crippen molar-refractivity contribution < 1.29 is 14.3 Å². The third-order valence-corrected chi connectivity index (χ3v) is 5.24. The fraction of sp³-hybridized carbons (Fsp3) is 0.636. The topological polar surface area (TPSA) is 49.9 Å². The lowest BCUT2D eigenvalue weighted by Gasteiger charge is -2.35. The molecule has 0 radical (unpaired) electrons. The van der Waals surface area contributed by atoms with E-state index in [2.05, 4.69) is 36.1 Å². The number of carbonyl (C=O) groups is 2. The molecule has 1 aliphatic carbocycles. The van der Waals surface area contributed by atoms with Crippen LogP contribution in [0.1, 0.15) is 57.6 Å². The SMILES string of the molecule is Cc1ccc(CN(C(=O)C2CCN(C(=O)OC(C)(C)C)CC2)C2CC2)cc1. The van der Waals surface area contributed by atoms with Crippen LogP contribution in [0.2, 0.25) is 0 Å². The number of ether oxygens (including phenoxy) is 1. The van der Waals surface area contributed by atoms with Gasteiger partial charge in [-0.25, -0.2) is 4.79 Å². The molecule has 148 valence electrons. The highest BCUT2D eigenvalue weighted by molar-refractivity contribution is 5.80. The number of benzene rings is 1. The van der Waals surface area contributed by atoms with E-state index in [-0.39, 0.29) is 17.9 Å². The summed E-state index contributed by atoms with van der Waals surface area (Å²) in [4.78, 5) is 29.2. The Kier molecular flexibility index (Phi) is 5.78. The Hall–Kier alpha value is -2.04. The summed E-state index contributed by atoms with van der Waals surface area (Å²) in [6.45, 7) is 9.57. The molecular weight excluding hydrogens is 340 g/mol. The van der Waals surface area contributed by atoms with Crippen molar-refractivity contribution in [3.05, 3.63) is 35.4 Å². The van der Waals surface area contributed by atoms with E-state index in [0.29, 0.717) is 25.7 Å². The second-order valence-electron chi connectivity index (χ2n) is 8.92. The lowest BCUT2D eigenvalue weighted by atomic mass is 9.95. The quantitative estimate of drug-likeness (QED) is 0.798. The van der Waals surface area contributed by atoms with E-state index in [1.807, 2.05) is 20.8 Å². The first-order chi connectivity index (χ1) is 12.7. The summed E-state index contributed by atoms with van der Waals surface area (Å²) in [5, 5.41) is 0. The zero-order chi connectivity index (χ0) is 19.6. The van der Waals surface area contributed by atoms with Crippen LogP contribution in [0.15, 0.2) is 24.3 Å². The minimum atomic E-state index is -0.486. The van der Waals surface area contributed by atoms with Gasteiger partial charge >= 0.3 is 6.09 Å². The zero-order valence-corrected chi connectivity index (χ0v) is 17.0. The van der Waals surface area contributed by atoms with Gasteiger partial charge in [0.2, 0.25) is 5.91 Å². The molecule has 5 heteroatoms. The van der Waals surface area contributed by atoms with E-state index < -0.39 is 5.60 Å². The van der Waals surface area contributed by atoms with Gasteiger partial charge in [0.25, 0.3) is 0 Å². The van der Waals surface area contributed by atoms with Crippen molar-refractivity contribution in [3.8, 4) is 0 Å². The van der Waals surface area contributed by atoms with E-state index in [4.69, 9.17) is 4.74 Å². The van der Waals surface area contributed by atoms with Gasteiger partial charge in [0.1, 0.15) is 5.60 Å². The number of hydrogen-bond acceptors (Lipinski definition) is 3. The maximum absolute atomic E-state index is 13.1. The van der Waals surface area contributed by atoms with Gasteiger partial charge in [-0.15, -0.1) is 0 Å². The average molecular weight is 373 g/mol. The fourth-order valence-electron chi connectivity index (χ4n) is 3.53. The highest BCUT2D eigenvalue weighted by atomic mass is 16.6. The predicted molar refractivity (Wildman–Crippen MR) is 105 cm³/mol. The summed E-state index contributed by atoms with van der Waals surface area (Å²) in [5.74, 6) is 0.261. The summed E-state index contributed by atoms with van der Waals surface area (Å²) < 4.78 is 5.45. The summed E-state index contributed by atoms with van der Waals surface area (Å²) >= 11 is 0. The molecule has 2 fully saturated rings. The molecule has 3 rings (SSSR count). The molecule has 27 heavy (non-hydrogen) atoms. The Labute approximate surface area is 162 Å². The standard InChI is InChI=1S/C22H32N2O3/c1-16-5-7-17(8-6-16)15-24(19-9-10-19)20(25)18-11-13-23(14-12-18)21(26)27-22(2,3)4/h5-8,18-19H,9-15H2,1-4H3. The second-order valence-corrected chi connectivity index (χ2v) is 8.92. The van der Waals surface area contributed by atoms with E-state index >= 15 is 0 Å². The Morgan fingerprint density at radius 2 is 1.67 bits per heavy atom. The molecule has 1 aliphatic heterocycles. The highest BCUT2D eigenvalue weighted by Crippen LogP contribution is 2.32. The van der Waals surface area contributed by atoms with Crippen molar-refractivity contribution in [1.82, 2.24) is 9.80 Å². The van der Waals surface area contributed by atoms with E-state index in [0.717, 1.165) is 25.7 Å². The Balaban J connectivity index is 1.56. The smallest absolute Gasteiger partial charge is 0.410 e. The van der Waals surface area contributed by atoms with E-state index in [9.17, 15) is 9.59 Å². The number of amides is 2. The number of piperidine rings is 1. The van der Waals surface area contributed by atoms with Crippen molar-refractivity contribution in [1.29, 1.82) is 0 Å². The molecule has 1 saturated carbocycles. The zero-order valence-electron chi connectivity index (χ0n) is 17.0. The molecule has 0 N–H and O–H groups in total. The number of hydrogen-bond donors (Lipinski definition) is 0. The van der Waals surface area contributed by atoms with Gasteiger partial charge in [0.05, 0.1) is 0 Å². The molecular formula is C22H32N2O3. The molecule has 0 spiro atoms. The molecule has 1 saturated heterocycles. The van der Waals surface area contributed by atoms with Crippen molar-refractivity contribution in [2.45, 2.75) is 71.6 Å². The summed E-state index contributed by atoms with van der Waals surface area (Å²) in [7, 11) is 0. The van der Waals surface area contributed by atoms with Crippen LogP contribution < -0.4 is 0 Å². The molecule has 0 atom stereocenters. The molecule has 2 amide bonds. The van der Waals surface area contributed by atoms with E-state index in [1.54, 1.807) is 4.90 Å². The third-order valence-electron chi connectivity index (χ3n) is 5.24. The number of likely N-dealkylation sites (tertiary alicyclic amines) is 1. The largest absolute Gasteiger partial charge is 0.444 e. The van der Waals surface area contributed by atoms with Crippen molar-refractivity contribution in [3.63, 3.8) is 0 Å². The number of aryl methyl sites for hydroxylation is 1. The maximum Gasteiger partial charge on any atom is 0.410 e. The van der Waals surface area contributed by atoms with Crippen LogP contribution in [0, 0.1) is 12.8 Å². The molecule has 0 unspecified atom stereocenters. The summed E-state index contributed by atoms with van der Waals surface area (Å²) in [5.41, 5.74) is 1.94. The molecule has 5 nitrogen and oxygen atoms in total. The molecule has 1 aromatic carbocycles. The van der Waals surface area contributed by atoms with Gasteiger partial charge < -0.3 is 14.5 Å². The van der Waals surface area contributed by atoms with E-state index in [1.165, 1.54) is 11.1 Å². The Morgan fingerprint density at radius 1 is 1.07 bits per heavy atom. The highest BCUT2D eigenvalue weighted by Gasteiger charge is 2.37. The summed E-state index contributed by atoms with van der Waals surface area (Å²) in [6.07, 6.45) is 3.37. The first kappa shape index (κ1) is 19.7. The fourth-order valence-corrected chi connectivity index (χ4v) is 3.53. The van der Waals surface area contributed by atoms with Gasteiger partial charge in [-0.05, 0) is 58.9 Å². The Bertz CT molecular complexity index is 666. The predicted octanol–water partition coefficient (Wildman–Crippen LogP) is 4.13. The van der Waals surface area contributed by atoms with Crippen molar-refractivity contribution >= 4 is 12.0 Å². The monoisotopic (exact) mass is 372 g/mol. The van der Waals surface area contributed by atoms with Crippen LogP contribution >= 0.6 is 0 Å². The van der Waals surface area contributed by atoms with Gasteiger partial charge in [-0.1, -0.05) is 29.8 Å². The maximum atomic E-state index is 13.1. The van der Waals surface area contributed by atoms with Crippen LogP contribution in [0.3, 0.4) is 0 Å². The number of nitrogens with zero attached hydrogens (tertiary/aromatic N) is 2. The molecule has 0 bridgehead atoms.